The molecule has 12 nitrogen and oxygen atoms in total. The molecule has 0 bridgehead atoms. The van der Waals surface area contributed by atoms with Crippen molar-refractivity contribution in [2.45, 2.75) is 110 Å². The number of unbranched alkanes of at least 4 members (excludes halogenated alkanes) is 1. The van der Waals surface area contributed by atoms with Crippen LogP contribution >= 0.6 is 11.3 Å². The first-order chi connectivity index (χ1) is 24.6. The first-order valence-electron chi connectivity index (χ1n) is 18.2. The van der Waals surface area contributed by atoms with E-state index in [1.54, 1.807) is 36.4 Å². The van der Waals surface area contributed by atoms with Crippen LogP contribution in [0, 0.1) is 29.5 Å². The predicted molar refractivity (Wildman–Crippen MR) is 197 cm³/mol. The molecule has 2 aromatic rings. The van der Waals surface area contributed by atoms with E-state index in [9.17, 15) is 33.5 Å². The average Bonchev–Trinajstić information content (AvgIpc) is 3.81. The summed E-state index contributed by atoms with van der Waals surface area (Å²) in [5.41, 5.74) is 0.807. The van der Waals surface area contributed by atoms with Crippen LogP contribution in [0.2, 0.25) is 0 Å². The maximum Gasteiger partial charge on any atom is 0.306 e. The van der Waals surface area contributed by atoms with E-state index in [0.717, 1.165) is 55.5 Å². The molecule has 6 atom stereocenters. The molecule has 0 spiro atoms. The molecule has 52 heavy (non-hydrogen) atoms. The molecular formula is C38H56FN5O7S. The van der Waals surface area contributed by atoms with Crippen molar-refractivity contribution in [3.8, 4) is 0 Å². The van der Waals surface area contributed by atoms with Crippen molar-refractivity contribution >= 4 is 41.0 Å². The highest BCUT2D eigenvalue weighted by Gasteiger charge is 2.41. The van der Waals surface area contributed by atoms with Gasteiger partial charge in [-0.25, -0.2) is 9.37 Å². The van der Waals surface area contributed by atoms with E-state index >= 15 is 0 Å². The highest BCUT2D eigenvalue weighted by molar-refractivity contribution is 7.09. The summed E-state index contributed by atoms with van der Waals surface area (Å²) in [5, 5.41) is 20.5. The number of ether oxygens (including phenoxy) is 1. The van der Waals surface area contributed by atoms with Crippen LogP contribution in [0.5, 0.6) is 0 Å². The van der Waals surface area contributed by atoms with Gasteiger partial charge in [0.15, 0.2) is 6.10 Å². The number of carboxylic acid groups (broad SMARTS) is 1. The van der Waals surface area contributed by atoms with Crippen molar-refractivity contribution < 1.29 is 38.2 Å². The third kappa shape index (κ3) is 13.3. The molecule has 0 saturated heterocycles. The number of amides is 3. The second-order valence-electron chi connectivity index (χ2n) is 14.5. The number of esters is 1. The summed E-state index contributed by atoms with van der Waals surface area (Å²) < 4.78 is 19.2. The minimum atomic E-state index is -1.00. The van der Waals surface area contributed by atoms with Crippen LogP contribution in [0.3, 0.4) is 0 Å². The summed E-state index contributed by atoms with van der Waals surface area (Å²) in [4.78, 5) is 70.7. The number of halogens is 1. The fourth-order valence-electron chi connectivity index (χ4n) is 6.29. The Morgan fingerprint density at radius 2 is 1.69 bits per heavy atom. The largest absolute Gasteiger partial charge is 0.481 e. The Morgan fingerprint density at radius 3 is 2.27 bits per heavy atom. The lowest BCUT2D eigenvalue weighted by atomic mass is 9.95. The Kier molecular flexibility index (Phi) is 16.6. The summed E-state index contributed by atoms with van der Waals surface area (Å²) in [6, 6.07) is 4.18. The number of benzene rings is 1. The molecule has 3 amide bonds. The monoisotopic (exact) mass is 745 g/mol. The number of hydrogen-bond donors (Lipinski definition) is 4. The van der Waals surface area contributed by atoms with Crippen molar-refractivity contribution in [3.63, 3.8) is 0 Å². The van der Waals surface area contributed by atoms with Gasteiger partial charge in [-0.1, -0.05) is 46.2 Å². The standard InChI is InChI=1S/C38H56FN5O7S/c1-22(2)31(44(7)37(48)33(27-13-14-27)43-34(46)23(3)10-8-9-17-40-6)20-32(51-25(5)45)36-42-30(21-52-36)35(47)41-29(18-24(4)38(49)50)19-26-11-15-28(39)16-12-26/h11-12,15-16,21-24,27,29,31-33,40H,8-10,13-14,17-20H2,1-7H3,(H,41,47)(H,43,46)(H,49,50)/t23-,24+,29-,31-,32-,33+/m1/s1. The Bertz CT molecular complexity index is 1500. The molecule has 1 fully saturated rings. The summed E-state index contributed by atoms with van der Waals surface area (Å²) in [7, 11) is 3.61. The Labute approximate surface area is 310 Å². The number of likely N-dealkylation sites (N-methyl/N-ethyl adjacent to an activating group) is 1. The molecule has 0 aliphatic heterocycles. The maximum atomic E-state index is 14.0. The molecule has 288 valence electrons. The molecule has 1 aliphatic carbocycles. The lowest BCUT2D eigenvalue weighted by Gasteiger charge is -2.36. The van der Waals surface area contributed by atoms with E-state index in [-0.39, 0.29) is 54.5 Å². The third-order valence-corrected chi connectivity index (χ3v) is 10.6. The number of carbonyl (C=O) groups is 5. The van der Waals surface area contributed by atoms with Crippen molar-refractivity contribution in [2.75, 3.05) is 20.6 Å². The third-order valence-electron chi connectivity index (χ3n) is 9.62. The highest BCUT2D eigenvalue weighted by Crippen LogP contribution is 2.36. The van der Waals surface area contributed by atoms with E-state index in [0.29, 0.717) is 5.01 Å². The highest BCUT2D eigenvalue weighted by atomic mass is 32.1. The van der Waals surface area contributed by atoms with Crippen LogP contribution < -0.4 is 16.0 Å². The second-order valence-corrected chi connectivity index (χ2v) is 15.4. The van der Waals surface area contributed by atoms with Gasteiger partial charge in [0.25, 0.3) is 5.91 Å². The van der Waals surface area contributed by atoms with Gasteiger partial charge in [0.05, 0.1) is 5.92 Å². The van der Waals surface area contributed by atoms with Gasteiger partial charge in [0.2, 0.25) is 11.8 Å². The van der Waals surface area contributed by atoms with Gasteiger partial charge in [-0.3, -0.25) is 24.0 Å². The number of hydrogen-bond acceptors (Lipinski definition) is 9. The van der Waals surface area contributed by atoms with Crippen LogP contribution in [-0.4, -0.2) is 83.4 Å². The predicted octanol–water partition coefficient (Wildman–Crippen LogP) is 5.13. The van der Waals surface area contributed by atoms with Gasteiger partial charge in [0, 0.05) is 43.8 Å². The number of thiazole rings is 1. The molecule has 14 heteroatoms. The van der Waals surface area contributed by atoms with Gasteiger partial charge in [0.1, 0.15) is 22.6 Å². The summed E-state index contributed by atoms with van der Waals surface area (Å²) in [6.07, 6.45) is 4.09. The fraction of sp³-hybridized carbons (Fsp3) is 0.632. The molecule has 3 rings (SSSR count). The molecule has 4 N–H and O–H groups in total. The van der Waals surface area contributed by atoms with Crippen LogP contribution in [0.25, 0.3) is 0 Å². The number of rotatable bonds is 22. The fourth-order valence-corrected chi connectivity index (χ4v) is 7.13. The zero-order valence-electron chi connectivity index (χ0n) is 31.4. The molecule has 0 radical (unpaired) electrons. The van der Waals surface area contributed by atoms with Crippen molar-refractivity contribution in [1.29, 1.82) is 0 Å². The van der Waals surface area contributed by atoms with Gasteiger partial charge < -0.3 is 30.7 Å². The van der Waals surface area contributed by atoms with E-state index in [4.69, 9.17) is 4.74 Å². The first kappa shape index (κ1) is 42.5. The number of carbonyl (C=O) groups excluding carboxylic acids is 4. The van der Waals surface area contributed by atoms with E-state index in [1.807, 2.05) is 27.8 Å². The Balaban J connectivity index is 1.76. The van der Waals surface area contributed by atoms with E-state index in [1.165, 1.54) is 19.1 Å². The minimum Gasteiger partial charge on any atom is -0.481 e. The van der Waals surface area contributed by atoms with Crippen LogP contribution in [0.4, 0.5) is 4.39 Å². The van der Waals surface area contributed by atoms with E-state index < -0.39 is 53.8 Å². The second kappa shape index (κ2) is 20.4. The Hall–Kier alpha value is -3.91. The van der Waals surface area contributed by atoms with E-state index in [2.05, 4.69) is 20.9 Å². The van der Waals surface area contributed by atoms with Crippen LogP contribution in [-0.2, 0) is 30.3 Å². The molecule has 1 aliphatic rings. The average molecular weight is 746 g/mol. The molecule has 1 aromatic heterocycles. The summed E-state index contributed by atoms with van der Waals surface area (Å²) in [5.74, 6) is -3.76. The maximum absolute atomic E-state index is 14.0. The summed E-state index contributed by atoms with van der Waals surface area (Å²) >= 11 is 1.15. The van der Waals surface area contributed by atoms with Gasteiger partial charge in [-0.15, -0.1) is 11.3 Å². The van der Waals surface area contributed by atoms with Crippen LogP contribution in [0.15, 0.2) is 29.6 Å². The molecule has 1 saturated carbocycles. The quantitative estimate of drug-likeness (QED) is 0.0944. The first-order valence-corrected chi connectivity index (χ1v) is 19.1. The molecular weight excluding hydrogens is 690 g/mol. The summed E-state index contributed by atoms with van der Waals surface area (Å²) in [6.45, 7) is 9.55. The normalized spacial score (nSPS) is 16.2. The molecule has 0 unspecified atom stereocenters. The number of aliphatic carboxylic acids is 1. The van der Waals surface area contributed by atoms with Crippen molar-refractivity contribution in [1.82, 2.24) is 25.8 Å². The zero-order chi connectivity index (χ0) is 38.5. The zero-order valence-corrected chi connectivity index (χ0v) is 32.3. The number of carboxylic acids is 1. The lowest BCUT2D eigenvalue weighted by molar-refractivity contribution is -0.149. The lowest BCUT2D eigenvalue weighted by Crippen LogP contribution is -2.53. The number of nitrogens with zero attached hydrogens (tertiary/aromatic N) is 2. The topological polar surface area (TPSA) is 167 Å². The molecule has 1 aromatic carbocycles. The minimum absolute atomic E-state index is 0.0557. The SMILES string of the molecule is CNCCCC[C@@H](C)C(=O)N[C@H](C(=O)N(C)[C@H](C[C@@H](OC(C)=O)c1nc(C(=O)N[C@@H](Cc2ccc(F)cc2)C[C@H](C)C(=O)O)cs1)C(C)C)C1CC1. The van der Waals surface area contributed by atoms with Gasteiger partial charge in [-0.2, -0.15) is 0 Å². The van der Waals surface area contributed by atoms with Gasteiger partial charge >= 0.3 is 11.9 Å². The van der Waals surface area contributed by atoms with Crippen LogP contribution in [0.1, 0.15) is 107 Å². The Morgan fingerprint density at radius 1 is 1.02 bits per heavy atom. The van der Waals surface area contributed by atoms with Crippen molar-refractivity contribution in [3.05, 3.63) is 51.7 Å². The smallest absolute Gasteiger partial charge is 0.306 e. The van der Waals surface area contributed by atoms with Crippen molar-refractivity contribution in [2.24, 2.45) is 23.7 Å². The molecule has 1 heterocycles. The van der Waals surface area contributed by atoms with Gasteiger partial charge in [-0.05, 0) is 81.6 Å². The number of nitrogens with one attached hydrogen (secondary N) is 3. The number of aromatic nitrogens is 1.